The molecule has 2 aromatic heterocycles. The van der Waals surface area contributed by atoms with Gasteiger partial charge in [0.2, 0.25) is 0 Å². The highest BCUT2D eigenvalue weighted by Crippen LogP contribution is 2.26. The molecular formula is C25H27N5O. The fraction of sp³-hybridized carbons (Fsp3) is 0.280. The number of pyridine rings is 1. The molecule has 5 heterocycles. The van der Waals surface area contributed by atoms with Crippen LogP contribution in [0.15, 0.2) is 78.6 Å². The van der Waals surface area contributed by atoms with Gasteiger partial charge in [0.05, 0.1) is 11.4 Å². The third-order valence-corrected chi connectivity index (χ3v) is 5.85. The van der Waals surface area contributed by atoms with Crippen LogP contribution in [0.25, 0.3) is 11.2 Å². The Morgan fingerprint density at radius 1 is 1.03 bits per heavy atom. The summed E-state index contributed by atoms with van der Waals surface area (Å²) in [6.07, 6.45) is 17.8. The zero-order valence-electron chi connectivity index (χ0n) is 18.1. The van der Waals surface area contributed by atoms with Gasteiger partial charge in [0, 0.05) is 55.5 Å². The first-order valence-electron chi connectivity index (χ1n) is 10.8. The maximum atomic E-state index is 13.3. The number of imidazole rings is 1. The highest BCUT2D eigenvalue weighted by Gasteiger charge is 2.25. The van der Waals surface area contributed by atoms with Crippen LogP contribution in [0.5, 0.6) is 0 Å². The van der Waals surface area contributed by atoms with Gasteiger partial charge in [-0.3, -0.25) is 9.69 Å². The fourth-order valence-electron chi connectivity index (χ4n) is 4.52. The van der Waals surface area contributed by atoms with Crippen molar-refractivity contribution >= 4 is 17.1 Å². The van der Waals surface area contributed by atoms with Gasteiger partial charge in [-0.05, 0) is 62.3 Å². The van der Waals surface area contributed by atoms with Gasteiger partial charge in [-0.1, -0.05) is 12.2 Å². The summed E-state index contributed by atoms with van der Waals surface area (Å²) in [5, 5.41) is 3.56. The largest absolute Gasteiger partial charge is 0.367 e. The van der Waals surface area contributed by atoms with Crippen molar-refractivity contribution in [1.29, 1.82) is 0 Å². The van der Waals surface area contributed by atoms with Gasteiger partial charge in [-0.25, -0.2) is 4.98 Å². The zero-order valence-corrected chi connectivity index (χ0v) is 18.1. The van der Waals surface area contributed by atoms with E-state index in [1.165, 1.54) is 0 Å². The van der Waals surface area contributed by atoms with Gasteiger partial charge >= 0.3 is 0 Å². The number of fused-ring (bicyclic) bond motifs is 2. The van der Waals surface area contributed by atoms with Crippen molar-refractivity contribution in [3.05, 3.63) is 89.8 Å². The van der Waals surface area contributed by atoms with Crippen molar-refractivity contribution in [2.75, 3.05) is 13.1 Å². The van der Waals surface area contributed by atoms with E-state index in [9.17, 15) is 4.79 Å². The normalized spacial score (nSPS) is 25.5. The van der Waals surface area contributed by atoms with E-state index in [1.54, 1.807) is 11.0 Å². The lowest BCUT2D eigenvalue weighted by Crippen LogP contribution is -2.53. The monoisotopic (exact) mass is 413 g/mol. The summed E-state index contributed by atoms with van der Waals surface area (Å²) in [4.78, 5) is 21.8. The molecule has 3 aliphatic rings. The molecule has 1 saturated heterocycles. The second kappa shape index (κ2) is 7.71. The predicted octanol–water partition coefficient (Wildman–Crippen LogP) is 3.40. The number of aryl methyl sites for hydroxylation is 1. The van der Waals surface area contributed by atoms with Crippen molar-refractivity contribution in [3.63, 3.8) is 0 Å². The smallest absolute Gasteiger partial charge is 0.255 e. The van der Waals surface area contributed by atoms with E-state index >= 15 is 0 Å². The number of hydrogen-bond donors (Lipinski definition) is 1. The van der Waals surface area contributed by atoms with E-state index in [2.05, 4.69) is 35.1 Å². The molecule has 158 valence electrons. The van der Waals surface area contributed by atoms with E-state index in [1.807, 2.05) is 66.4 Å². The Kier molecular flexibility index (Phi) is 4.87. The average molecular weight is 414 g/mol. The van der Waals surface area contributed by atoms with Gasteiger partial charge in [0.15, 0.2) is 0 Å². The first kappa shape index (κ1) is 19.6. The molecule has 3 aliphatic heterocycles. The number of allylic oxidation sites excluding steroid dienone is 6. The summed E-state index contributed by atoms with van der Waals surface area (Å²) >= 11 is 0. The molecule has 1 fully saturated rings. The van der Waals surface area contributed by atoms with E-state index in [0.717, 1.165) is 47.0 Å². The molecule has 0 saturated carbocycles. The number of piperazine rings is 1. The number of carbonyl (C=O) groups is 1. The molecule has 0 spiro atoms. The Hall–Kier alpha value is -3.38. The Morgan fingerprint density at radius 3 is 2.61 bits per heavy atom. The SMILES string of the molecule is Cc1cn2cc(C3=CC(=O)N4C=C(N5C[C@@H](C)N[C@@H](C)C5)C=C/C4=C\C=C3)ccc2n1. The van der Waals surface area contributed by atoms with E-state index in [0.29, 0.717) is 12.1 Å². The topological polar surface area (TPSA) is 52.9 Å². The van der Waals surface area contributed by atoms with Crippen LogP contribution in [0, 0.1) is 6.92 Å². The Labute approximate surface area is 182 Å². The summed E-state index contributed by atoms with van der Waals surface area (Å²) in [6, 6.07) is 4.82. The fourth-order valence-corrected chi connectivity index (χ4v) is 4.52. The summed E-state index contributed by atoms with van der Waals surface area (Å²) < 4.78 is 2.00. The molecule has 0 bridgehead atoms. The van der Waals surface area contributed by atoms with Crippen LogP contribution in [0.3, 0.4) is 0 Å². The molecule has 2 atom stereocenters. The maximum absolute atomic E-state index is 13.3. The molecule has 0 aromatic carbocycles. The summed E-state index contributed by atoms with van der Waals surface area (Å²) in [7, 11) is 0. The second-order valence-corrected chi connectivity index (χ2v) is 8.59. The van der Waals surface area contributed by atoms with E-state index < -0.39 is 0 Å². The minimum Gasteiger partial charge on any atom is -0.367 e. The molecule has 0 unspecified atom stereocenters. The number of nitrogens with zero attached hydrogens (tertiary/aromatic N) is 4. The van der Waals surface area contributed by atoms with Crippen molar-refractivity contribution in [1.82, 2.24) is 24.5 Å². The second-order valence-electron chi connectivity index (χ2n) is 8.59. The maximum Gasteiger partial charge on any atom is 0.255 e. The first-order valence-corrected chi connectivity index (χ1v) is 10.8. The number of carbonyl (C=O) groups excluding carboxylic acids is 1. The number of amides is 1. The summed E-state index contributed by atoms with van der Waals surface area (Å²) in [6.45, 7) is 8.21. The Balaban J connectivity index is 1.47. The van der Waals surface area contributed by atoms with Crippen LogP contribution < -0.4 is 5.32 Å². The summed E-state index contributed by atoms with van der Waals surface area (Å²) in [5.74, 6) is -0.0504. The van der Waals surface area contributed by atoms with Gasteiger partial charge in [0.1, 0.15) is 5.65 Å². The molecule has 6 heteroatoms. The molecule has 1 amide bonds. The number of rotatable bonds is 2. The Bertz CT molecular complexity index is 1190. The quantitative estimate of drug-likeness (QED) is 0.820. The minimum atomic E-state index is -0.0504. The standard InChI is InChI=1S/C25H27N5O/c1-17-12-28(13-18(2)26-17)23-9-8-22-6-4-5-20(11-25(31)30(22)16-23)21-7-10-24-27-19(3)14-29(24)15-21/h4-11,14-18,26H,12-13H2,1-3H3/b5-4?,20-11?,22-6+/t17-,18+. The lowest BCUT2D eigenvalue weighted by atomic mass is 10.0. The predicted molar refractivity (Wildman–Crippen MR) is 123 cm³/mol. The lowest BCUT2D eigenvalue weighted by molar-refractivity contribution is -0.122. The number of hydrogen-bond acceptors (Lipinski definition) is 4. The molecule has 5 rings (SSSR count). The van der Waals surface area contributed by atoms with Crippen LogP contribution >= 0.6 is 0 Å². The highest BCUT2D eigenvalue weighted by atomic mass is 16.2. The molecule has 2 aromatic rings. The van der Waals surface area contributed by atoms with Gasteiger partial charge < -0.3 is 14.6 Å². The van der Waals surface area contributed by atoms with Crippen LogP contribution in [0.2, 0.25) is 0 Å². The third kappa shape index (κ3) is 3.86. The molecule has 0 aliphatic carbocycles. The van der Waals surface area contributed by atoms with Gasteiger partial charge in [-0.15, -0.1) is 0 Å². The summed E-state index contributed by atoms with van der Waals surface area (Å²) in [5.41, 5.74) is 5.67. The molecule has 6 nitrogen and oxygen atoms in total. The van der Waals surface area contributed by atoms with E-state index in [-0.39, 0.29) is 5.91 Å². The van der Waals surface area contributed by atoms with Gasteiger partial charge in [-0.2, -0.15) is 0 Å². The molecular weight excluding hydrogens is 386 g/mol. The van der Waals surface area contributed by atoms with Crippen LogP contribution in [-0.4, -0.2) is 50.3 Å². The van der Waals surface area contributed by atoms with Crippen LogP contribution in [0.1, 0.15) is 25.1 Å². The molecule has 0 radical (unpaired) electrons. The van der Waals surface area contributed by atoms with Gasteiger partial charge in [0.25, 0.3) is 5.91 Å². The van der Waals surface area contributed by atoms with Crippen LogP contribution in [0.4, 0.5) is 0 Å². The van der Waals surface area contributed by atoms with E-state index in [4.69, 9.17) is 0 Å². The highest BCUT2D eigenvalue weighted by molar-refractivity contribution is 5.99. The molecule has 31 heavy (non-hydrogen) atoms. The van der Waals surface area contributed by atoms with Crippen molar-refractivity contribution < 1.29 is 4.79 Å². The molecule has 1 N–H and O–H groups in total. The zero-order chi connectivity index (χ0) is 21.5. The minimum absolute atomic E-state index is 0.0504. The van der Waals surface area contributed by atoms with Crippen molar-refractivity contribution in [2.24, 2.45) is 0 Å². The average Bonchev–Trinajstić information content (AvgIpc) is 3.10. The Morgan fingerprint density at radius 2 is 1.81 bits per heavy atom. The van der Waals surface area contributed by atoms with Crippen LogP contribution in [-0.2, 0) is 4.79 Å². The van der Waals surface area contributed by atoms with Crippen molar-refractivity contribution in [3.8, 4) is 0 Å². The lowest BCUT2D eigenvalue weighted by Gasteiger charge is -2.39. The van der Waals surface area contributed by atoms with Crippen molar-refractivity contribution in [2.45, 2.75) is 32.9 Å². The number of nitrogens with one attached hydrogen (secondary N) is 1. The number of aromatic nitrogens is 2. The third-order valence-electron chi connectivity index (χ3n) is 5.85. The first-order chi connectivity index (χ1) is 15.0.